The highest BCUT2D eigenvalue weighted by Gasteiger charge is 2.27. The SMILES string of the molecule is N#Cc1ccc(N2CCSCC2CC(=O)O)c(F)c1. The van der Waals surface area contributed by atoms with Crippen LogP contribution in [0.1, 0.15) is 12.0 Å². The number of thioether (sulfide) groups is 1. The first-order valence-electron chi connectivity index (χ1n) is 5.87. The van der Waals surface area contributed by atoms with Crippen LogP contribution in [0.3, 0.4) is 0 Å². The molecule has 0 spiro atoms. The molecule has 0 bridgehead atoms. The number of carbonyl (C=O) groups is 1. The highest BCUT2D eigenvalue weighted by molar-refractivity contribution is 7.99. The Hall–Kier alpha value is -1.74. The van der Waals surface area contributed by atoms with Gasteiger partial charge in [-0.3, -0.25) is 4.79 Å². The third kappa shape index (κ3) is 3.18. The lowest BCUT2D eigenvalue weighted by atomic mass is 10.1. The van der Waals surface area contributed by atoms with Crippen molar-refractivity contribution in [2.45, 2.75) is 12.5 Å². The fraction of sp³-hybridized carbons (Fsp3) is 0.385. The predicted molar refractivity (Wildman–Crippen MR) is 71.8 cm³/mol. The minimum absolute atomic E-state index is 0.00750. The van der Waals surface area contributed by atoms with Gasteiger partial charge in [0.2, 0.25) is 0 Å². The van der Waals surface area contributed by atoms with Gasteiger partial charge >= 0.3 is 5.97 Å². The van der Waals surface area contributed by atoms with Gasteiger partial charge in [-0.1, -0.05) is 0 Å². The van der Waals surface area contributed by atoms with E-state index < -0.39 is 11.8 Å². The van der Waals surface area contributed by atoms with Gasteiger partial charge in [-0.25, -0.2) is 4.39 Å². The first-order chi connectivity index (χ1) is 9.11. The molecule has 1 aliphatic rings. The maximum atomic E-state index is 14.0. The minimum Gasteiger partial charge on any atom is -0.481 e. The smallest absolute Gasteiger partial charge is 0.305 e. The van der Waals surface area contributed by atoms with E-state index in [1.165, 1.54) is 6.07 Å². The van der Waals surface area contributed by atoms with Gasteiger partial charge in [-0.05, 0) is 18.2 Å². The summed E-state index contributed by atoms with van der Waals surface area (Å²) in [5, 5.41) is 17.6. The molecule has 19 heavy (non-hydrogen) atoms. The van der Waals surface area contributed by atoms with Crippen LogP contribution in [0, 0.1) is 17.1 Å². The normalized spacial score (nSPS) is 18.9. The van der Waals surface area contributed by atoms with Crippen LogP contribution in [0.15, 0.2) is 18.2 Å². The number of carboxylic acids is 1. The van der Waals surface area contributed by atoms with Gasteiger partial charge in [-0.15, -0.1) is 0 Å². The lowest BCUT2D eigenvalue weighted by molar-refractivity contribution is -0.137. The van der Waals surface area contributed by atoms with Crippen molar-refractivity contribution >= 4 is 23.4 Å². The number of aliphatic carboxylic acids is 1. The van der Waals surface area contributed by atoms with E-state index in [0.29, 0.717) is 18.0 Å². The van der Waals surface area contributed by atoms with Gasteiger partial charge < -0.3 is 10.0 Å². The van der Waals surface area contributed by atoms with Crippen LogP contribution < -0.4 is 4.90 Å². The van der Waals surface area contributed by atoms with Crippen molar-refractivity contribution in [3.63, 3.8) is 0 Å². The summed E-state index contributed by atoms with van der Waals surface area (Å²) in [6.45, 7) is 0.617. The summed E-state index contributed by atoms with van der Waals surface area (Å²) in [5.41, 5.74) is 0.646. The Labute approximate surface area is 114 Å². The van der Waals surface area contributed by atoms with E-state index in [4.69, 9.17) is 10.4 Å². The van der Waals surface area contributed by atoms with Crippen molar-refractivity contribution in [3.8, 4) is 6.07 Å². The van der Waals surface area contributed by atoms with Crippen LogP contribution in [-0.4, -0.2) is 35.2 Å². The molecule has 0 amide bonds. The van der Waals surface area contributed by atoms with E-state index in [1.54, 1.807) is 28.8 Å². The third-order valence-corrected chi connectivity index (χ3v) is 4.12. The second-order valence-electron chi connectivity index (χ2n) is 4.30. The first-order valence-corrected chi connectivity index (χ1v) is 7.03. The Bertz CT molecular complexity index is 530. The van der Waals surface area contributed by atoms with Gasteiger partial charge in [0, 0.05) is 24.1 Å². The Morgan fingerprint density at radius 1 is 1.63 bits per heavy atom. The Morgan fingerprint density at radius 3 is 3.05 bits per heavy atom. The van der Waals surface area contributed by atoms with Crippen LogP contribution in [0.25, 0.3) is 0 Å². The van der Waals surface area contributed by atoms with E-state index in [-0.39, 0.29) is 18.0 Å². The molecule has 4 nitrogen and oxygen atoms in total. The van der Waals surface area contributed by atoms with Gasteiger partial charge in [0.15, 0.2) is 0 Å². The number of nitrogens with zero attached hydrogens (tertiary/aromatic N) is 2. The molecule has 0 saturated carbocycles. The topological polar surface area (TPSA) is 64.3 Å². The number of nitriles is 1. The van der Waals surface area contributed by atoms with Gasteiger partial charge in [0.25, 0.3) is 0 Å². The minimum atomic E-state index is -0.883. The van der Waals surface area contributed by atoms with E-state index in [0.717, 1.165) is 5.75 Å². The second-order valence-corrected chi connectivity index (χ2v) is 5.45. The maximum absolute atomic E-state index is 14.0. The molecule has 1 aromatic rings. The highest BCUT2D eigenvalue weighted by atomic mass is 32.2. The lowest BCUT2D eigenvalue weighted by Crippen LogP contribution is -2.44. The zero-order valence-electron chi connectivity index (χ0n) is 10.2. The molecule has 1 aliphatic heterocycles. The maximum Gasteiger partial charge on any atom is 0.305 e. The van der Waals surface area contributed by atoms with Crippen molar-refractivity contribution in [1.29, 1.82) is 5.26 Å². The Morgan fingerprint density at radius 2 is 2.42 bits per heavy atom. The molecule has 1 saturated heterocycles. The number of halogens is 1. The number of anilines is 1. The summed E-state index contributed by atoms with van der Waals surface area (Å²) in [6, 6.07) is 5.97. The molecule has 1 aromatic carbocycles. The van der Waals surface area contributed by atoms with Crippen molar-refractivity contribution < 1.29 is 14.3 Å². The molecule has 1 fully saturated rings. The molecule has 100 valence electrons. The first kappa shape index (κ1) is 13.7. The molecule has 0 aliphatic carbocycles. The van der Waals surface area contributed by atoms with E-state index >= 15 is 0 Å². The third-order valence-electron chi connectivity index (χ3n) is 3.02. The summed E-state index contributed by atoms with van der Waals surface area (Å²) >= 11 is 1.68. The molecule has 6 heteroatoms. The summed E-state index contributed by atoms with van der Waals surface area (Å²) in [7, 11) is 0. The van der Waals surface area contributed by atoms with Gasteiger partial charge in [-0.2, -0.15) is 17.0 Å². The number of hydrogen-bond acceptors (Lipinski definition) is 4. The molecule has 0 radical (unpaired) electrons. The fourth-order valence-electron chi connectivity index (χ4n) is 2.15. The average Bonchev–Trinajstić information content (AvgIpc) is 2.39. The second kappa shape index (κ2) is 5.93. The monoisotopic (exact) mass is 280 g/mol. The Balaban J connectivity index is 2.27. The Kier molecular flexibility index (Phi) is 4.27. The number of hydrogen-bond donors (Lipinski definition) is 1. The number of benzene rings is 1. The summed E-state index contributed by atoms with van der Waals surface area (Å²) in [4.78, 5) is 12.6. The zero-order chi connectivity index (χ0) is 13.8. The van der Waals surface area contributed by atoms with Crippen molar-refractivity contribution in [2.24, 2.45) is 0 Å². The molecule has 2 rings (SSSR count). The molecule has 1 unspecified atom stereocenters. The molecule has 1 N–H and O–H groups in total. The predicted octanol–water partition coefficient (Wildman–Crippen LogP) is 2.09. The van der Waals surface area contributed by atoms with Gasteiger partial charge in [0.1, 0.15) is 5.82 Å². The number of carboxylic acid groups (broad SMARTS) is 1. The quantitative estimate of drug-likeness (QED) is 0.918. The van der Waals surface area contributed by atoms with Crippen LogP contribution in [0.5, 0.6) is 0 Å². The molecule has 0 aromatic heterocycles. The lowest BCUT2D eigenvalue weighted by Gasteiger charge is -2.36. The van der Waals surface area contributed by atoms with E-state index in [2.05, 4.69) is 0 Å². The highest BCUT2D eigenvalue weighted by Crippen LogP contribution is 2.28. The summed E-state index contributed by atoms with van der Waals surface area (Å²) in [6.07, 6.45) is -0.00750. The average molecular weight is 280 g/mol. The largest absolute Gasteiger partial charge is 0.481 e. The summed E-state index contributed by atoms with van der Waals surface area (Å²) < 4.78 is 14.0. The fourth-order valence-corrected chi connectivity index (χ4v) is 3.21. The standard InChI is InChI=1S/C13H13FN2O2S/c14-11-5-9(7-15)1-2-12(11)16-3-4-19-8-10(16)6-13(17)18/h1-2,5,10H,3-4,6,8H2,(H,17,18). The van der Waals surface area contributed by atoms with Crippen molar-refractivity contribution in [3.05, 3.63) is 29.6 Å². The molecular formula is C13H13FN2O2S. The van der Waals surface area contributed by atoms with Crippen molar-refractivity contribution in [2.75, 3.05) is 23.0 Å². The number of rotatable bonds is 3. The zero-order valence-corrected chi connectivity index (χ0v) is 11.0. The van der Waals surface area contributed by atoms with E-state index in [9.17, 15) is 9.18 Å². The van der Waals surface area contributed by atoms with Crippen LogP contribution in [-0.2, 0) is 4.79 Å². The molecule has 1 heterocycles. The van der Waals surface area contributed by atoms with Crippen LogP contribution >= 0.6 is 11.8 Å². The van der Waals surface area contributed by atoms with Gasteiger partial charge in [0.05, 0.1) is 23.7 Å². The summed E-state index contributed by atoms with van der Waals surface area (Å²) in [5.74, 6) is 0.161. The molecule has 1 atom stereocenters. The van der Waals surface area contributed by atoms with E-state index in [1.807, 2.05) is 6.07 Å². The molecular weight excluding hydrogens is 267 g/mol. The van der Waals surface area contributed by atoms with Crippen LogP contribution in [0.2, 0.25) is 0 Å². The van der Waals surface area contributed by atoms with Crippen LogP contribution in [0.4, 0.5) is 10.1 Å². The van der Waals surface area contributed by atoms with Crippen molar-refractivity contribution in [1.82, 2.24) is 0 Å².